The molecule has 2 aromatic rings. The summed E-state index contributed by atoms with van der Waals surface area (Å²) in [6.07, 6.45) is 4.08. The number of hydrogen-bond donors (Lipinski definition) is 3. The molecule has 0 bridgehead atoms. The molecule has 1 heterocycles. The summed E-state index contributed by atoms with van der Waals surface area (Å²) < 4.78 is 27.5. The first-order valence-electron chi connectivity index (χ1n) is 8.95. The van der Waals surface area contributed by atoms with Gasteiger partial charge in [0.15, 0.2) is 0 Å². The minimum atomic E-state index is -3.56. The average Bonchev–Trinajstić information content (AvgIpc) is 3.12. The zero-order valence-electron chi connectivity index (χ0n) is 15.0. The van der Waals surface area contributed by atoms with Crippen molar-refractivity contribution in [3.63, 3.8) is 0 Å². The first-order valence-corrected chi connectivity index (χ1v) is 11.2. The van der Waals surface area contributed by atoms with Gasteiger partial charge >= 0.3 is 6.09 Å². The fourth-order valence-corrected chi connectivity index (χ4v) is 5.88. The van der Waals surface area contributed by atoms with Crippen LogP contribution in [-0.4, -0.2) is 37.2 Å². The van der Waals surface area contributed by atoms with Gasteiger partial charge in [0.2, 0.25) is 10.0 Å². The molecule has 27 heavy (non-hydrogen) atoms. The van der Waals surface area contributed by atoms with Crippen LogP contribution in [0, 0.1) is 0 Å². The monoisotopic (exact) mass is 409 g/mol. The Kier molecular flexibility index (Phi) is 6.13. The lowest BCUT2D eigenvalue weighted by atomic mass is 9.86. The van der Waals surface area contributed by atoms with E-state index in [0.29, 0.717) is 12.1 Å². The van der Waals surface area contributed by atoms with Crippen LogP contribution in [0.2, 0.25) is 0 Å². The summed E-state index contributed by atoms with van der Waals surface area (Å²) in [4.78, 5) is 16.4. The highest BCUT2D eigenvalue weighted by atomic mass is 32.2. The molecule has 0 spiro atoms. The molecule has 146 valence electrons. The van der Waals surface area contributed by atoms with Crippen molar-refractivity contribution >= 4 is 27.5 Å². The van der Waals surface area contributed by atoms with E-state index in [2.05, 4.69) is 15.0 Å². The maximum atomic E-state index is 12.5. The quantitative estimate of drug-likeness (QED) is 0.678. The molecule has 1 amide bonds. The lowest BCUT2D eigenvalue weighted by molar-refractivity contribution is 0.185. The van der Waals surface area contributed by atoms with E-state index in [-0.39, 0.29) is 16.9 Å². The van der Waals surface area contributed by atoms with Crippen LogP contribution in [0.1, 0.15) is 43.5 Å². The number of carbonyl (C=O) groups is 1. The van der Waals surface area contributed by atoms with Gasteiger partial charge < -0.3 is 10.4 Å². The summed E-state index contributed by atoms with van der Waals surface area (Å²) in [6, 6.07) is 6.95. The molecule has 0 aliphatic heterocycles. The summed E-state index contributed by atoms with van der Waals surface area (Å²) >= 11 is 1.52. The molecule has 1 fully saturated rings. The smallest absolute Gasteiger partial charge is 0.404 e. The first-order chi connectivity index (χ1) is 12.9. The fraction of sp³-hybridized carbons (Fsp3) is 0.444. The molecule has 1 aliphatic carbocycles. The lowest BCUT2D eigenvalue weighted by Crippen LogP contribution is -2.36. The van der Waals surface area contributed by atoms with Gasteiger partial charge in [-0.3, -0.25) is 0 Å². The number of benzene rings is 1. The van der Waals surface area contributed by atoms with Gasteiger partial charge in [0, 0.05) is 30.3 Å². The number of nitrogens with one attached hydrogen (secondary N) is 2. The maximum absolute atomic E-state index is 12.5. The van der Waals surface area contributed by atoms with Gasteiger partial charge in [-0.15, -0.1) is 11.3 Å². The normalized spacial score (nSPS) is 20.3. The number of thiazole rings is 1. The number of nitrogens with zero attached hydrogens (tertiary/aromatic N) is 1. The Morgan fingerprint density at radius 2 is 1.96 bits per heavy atom. The van der Waals surface area contributed by atoms with Gasteiger partial charge in [-0.2, -0.15) is 0 Å². The van der Waals surface area contributed by atoms with Crippen LogP contribution >= 0.6 is 11.3 Å². The molecular weight excluding hydrogens is 386 g/mol. The van der Waals surface area contributed by atoms with Crippen molar-refractivity contribution < 1.29 is 18.3 Å². The molecule has 1 aromatic carbocycles. The largest absolute Gasteiger partial charge is 0.465 e. The minimum absolute atomic E-state index is 0.00386. The number of carboxylic acid groups (broad SMARTS) is 1. The Bertz CT molecular complexity index is 903. The van der Waals surface area contributed by atoms with Crippen LogP contribution in [0.15, 0.2) is 35.4 Å². The first kappa shape index (κ1) is 19.8. The van der Waals surface area contributed by atoms with Crippen molar-refractivity contribution in [3.8, 4) is 10.4 Å². The Balaban J connectivity index is 1.79. The van der Waals surface area contributed by atoms with Gasteiger partial charge in [0.25, 0.3) is 0 Å². The van der Waals surface area contributed by atoms with Crippen LogP contribution in [0.25, 0.3) is 10.4 Å². The summed E-state index contributed by atoms with van der Waals surface area (Å²) in [5, 5.41) is 12.4. The standard InChI is InChI=1S/C18H23N3O4S2/c1-2-20-27(24,25)16-6-4-3-5-14(16)15-11-19-17(26-15)12-7-9-13(10-8-12)21-18(22)23/h3-6,11-13,20-21H,2,7-10H2,1H3,(H,22,23). The van der Waals surface area contributed by atoms with E-state index in [1.807, 2.05) is 6.07 Å². The van der Waals surface area contributed by atoms with Gasteiger partial charge in [-0.1, -0.05) is 25.1 Å². The highest BCUT2D eigenvalue weighted by Gasteiger charge is 2.26. The Labute approximate surface area is 162 Å². The number of hydrogen-bond acceptors (Lipinski definition) is 5. The number of rotatable bonds is 6. The van der Waals surface area contributed by atoms with E-state index in [9.17, 15) is 13.2 Å². The highest BCUT2D eigenvalue weighted by Crippen LogP contribution is 2.39. The molecule has 1 aliphatic rings. The molecule has 0 radical (unpaired) electrons. The summed E-state index contributed by atoms with van der Waals surface area (Å²) in [7, 11) is -3.56. The number of aromatic nitrogens is 1. The lowest BCUT2D eigenvalue weighted by Gasteiger charge is -2.27. The van der Waals surface area contributed by atoms with E-state index in [1.54, 1.807) is 31.3 Å². The summed E-state index contributed by atoms with van der Waals surface area (Å²) in [6.45, 7) is 2.08. The van der Waals surface area contributed by atoms with E-state index < -0.39 is 16.1 Å². The maximum Gasteiger partial charge on any atom is 0.404 e. The molecule has 1 saturated carbocycles. The van der Waals surface area contributed by atoms with Crippen molar-refractivity contribution in [2.24, 2.45) is 0 Å². The molecule has 3 N–H and O–H groups in total. The van der Waals surface area contributed by atoms with Gasteiger partial charge in [-0.25, -0.2) is 22.9 Å². The molecule has 0 atom stereocenters. The van der Waals surface area contributed by atoms with Crippen LogP contribution in [-0.2, 0) is 10.0 Å². The average molecular weight is 410 g/mol. The van der Waals surface area contributed by atoms with E-state index >= 15 is 0 Å². The van der Waals surface area contributed by atoms with Crippen LogP contribution < -0.4 is 10.0 Å². The van der Waals surface area contributed by atoms with Crippen LogP contribution in [0.5, 0.6) is 0 Å². The van der Waals surface area contributed by atoms with Crippen molar-refractivity contribution in [1.29, 1.82) is 0 Å². The summed E-state index contributed by atoms with van der Waals surface area (Å²) in [5.41, 5.74) is 0.656. The second-order valence-corrected chi connectivity index (χ2v) is 9.36. The predicted molar refractivity (Wildman–Crippen MR) is 105 cm³/mol. The minimum Gasteiger partial charge on any atom is -0.465 e. The second kappa shape index (κ2) is 8.37. The van der Waals surface area contributed by atoms with E-state index in [0.717, 1.165) is 35.6 Å². The summed E-state index contributed by atoms with van der Waals surface area (Å²) in [5.74, 6) is 0.285. The fourth-order valence-electron chi connectivity index (χ4n) is 3.43. The van der Waals surface area contributed by atoms with Gasteiger partial charge in [0.1, 0.15) is 0 Å². The van der Waals surface area contributed by atoms with Crippen LogP contribution in [0.3, 0.4) is 0 Å². The molecule has 7 nitrogen and oxygen atoms in total. The molecule has 3 rings (SSSR count). The highest BCUT2D eigenvalue weighted by molar-refractivity contribution is 7.89. The van der Waals surface area contributed by atoms with Gasteiger partial charge in [0.05, 0.1) is 14.8 Å². The molecule has 1 aromatic heterocycles. The van der Waals surface area contributed by atoms with Crippen molar-refractivity contribution in [2.75, 3.05) is 6.54 Å². The Hall–Kier alpha value is -1.97. The third-order valence-electron chi connectivity index (χ3n) is 4.70. The number of amides is 1. The third kappa shape index (κ3) is 4.66. The Morgan fingerprint density at radius 3 is 2.63 bits per heavy atom. The van der Waals surface area contributed by atoms with E-state index in [1.165, 1.54) is 11.3 Å². The topological polar surface area (TPSA) is 108 Å². The molecule has 0 saturated heterocycles. The van der Waals surface area contributed by atoms with Crippen molar-refractivity contribution in [2.45, 2.75) is 49.5 Å². The number of sulfonamides is 1. The SMILES string of the molecule is CCNS(=O)(=O)c1ccccc1-c1cnc(C2CCC(NC(=O)O)CC2)s1. The van der Waals surface area contributed by atoms with Crippen molar-refractivity contribution in [3.05, 3.63) is 35.5 Å². The van der Waals surface area contributed by atoms with Gasteiger partial charge in [-0.05, 0) is 31.7 Å². The predicted octanol–water partition coefficient (Wildman–Crippen LogP) is 3.40. The van der Waals surface area contributed by atoms with Crippen molar-refractivity contribution in [1.82, 2.24) is 15.0 Å². The zero-order chi connectivity index (χ0) is 19.4. The second-order valence-electron chi connectivity index (χ2n) is 6.56. The van der Waals surface area contributed by atoms with Crippen LogP contribution in [0.4, 0.5) is 4.79 Å². The van der Waals surface area contributed by atoms with E-state index in [4.69, 9.17) is 5.11 Å². The third-order valence-corrected chi connectivity index (χ3v) is 7.50. The molecule has 9 heteroatoms. The zero-order valence-corrected chi connectivity index (χ0v) is 16.6. The molecular formula is C18H23N3O4S2. The molecule has 0 unspecified atom stereocenters. The Morgan fingerprint density at radius 1 is 1.26 bits per heavy atom.